The molecule has 2 aromatic rings. The highest BCUT2D eigenvalue weighted by atomic mass is 16.5. The molecule has 0 saturated carbocycles. The summed E-state index contributed by atoms with van der Waals surface area (Å²) in [6.07, 6.45) is 1.60. The highest BCUT2D eigenvalue weighted by Gasteiger charge is 1.98. The van der Waals surface area contributed by atoms with Gasteiger partial charge in [0.2, 0.25) is 5.88 Å². The Bertz CT molecular complexity index is 431. The van der Waals surface area contributed by atoms with Gasteiger partial charge in [-0.25, -0.2) is 0 Å². The van der Waals surface area contributed by atoms with Gasteiger partial charge in [-0.2, -0.15) is 5.10 Å². The molecular weight excluding hydrogens is 190 g/mol. The van der Waals surface area contributed by atoms with E-state index in [1.54, 1.807) is 18.3 Å². The molecule has 4 nitrogen and oxygen atoms in total. The number of aromatic nitrogens is 2. The smallest absolute Gasteiger partial charge is 0.238 e. The minimum absolute atomic E-state index is 0.478. The van der Waals surface area contributed by atoms with Gasteiger partial charge in [0, 0.05) is 18.8 Å². The van der Waals surface area contributed by atoms with Crippen LogP contribution < -0.4 is 10.5 Å². The first kappa shape index (κ1) is 9.61. The van der Waals surface area contributed by atoms with Gasteiger partial charge in [0.05, 0.1) is 0 Å². The Balaban J connectivity index is 2.17. The molecular formula is C11H11N3O. The van der Waals surface area contributed by atoms with Crippen LogP contribution in [0.1, 0.15) is 5.56 Å². The summed E-state index contributed by atoms with van der Waals surface area (Å²) in [6.45, 7) is 0.498. The van der Waals surface area contributed by atoms with Crippen molar-refractivity contribution in [3.63, 3.8) is 0 Å². The summed E-state index contributed by atoms with van der Waals surface area (Å²) in [7, 11) is 0. The molecule has 0 bridgehead atoms. The number of benzene rings is 1. The van der Waals surface area contributed by atoms with Crippen molar-refractivity contribution >= 4 is 0 Å². The summed E-state index contributed by atoms with van der Waals surface area (Å²) in [4.78, 5) is 0. The predicted octanol–water partition coefficient (Wildman–Crippen LogP) is 1.73. The summed E-state index contributed by atoms with van der Waals surface area (Å²) < 4.78 is 5.49. The number of nitrogens with two attached hydrogens (primary N) is 1. The van der Waals surface area contributed by atoms with E-state index in [1.165, 1.54) is 0 Å². The summed E-state index contributed by atoms with van der Waals surface area (Å²) in [5, 5.41) is 7.55. The van der Waals surface area contributed by atoms with Crippen molar-refractivity contribution in [2.75, 3.05) is 0 Å². The van der Waals surface area contributed by atoms with E-state index in [-0.39, 0.29) is 0 Å². The van der Waals surface area contributed by atoms with Gasteiger partial charge < -0.3 is 10.5 Å². The molecule has 0 fully saturated rings. The summed E-state index contributed by atoms with van der Waals surface area (Å²) in [5.74, 6) is 1.20. The fourth-order valence-electron chi connectivity index (χ4n) is 1.20. The number of hydrogen-bond acceptors (Lipinski definition) is 4. The van der Waals surface area contributed by atoms with Crippen LogP contribution in [0.5, 0.6) is 11.6 Å². The van der Waals surface area contributed by atoms with Crippen LogP contribution in [-0.2, 0) is 6.54 Å². The van der Waals surface area contributed by atoms with Crippen LogP contribution in [0, 0.1) is 0 Å². The van der Waals surface area contributed by atoms with Crippen LogP contribution in [0.3, 0.4) is 0 Å². The molecule has 2 N–H and O–H groups in total. The normalized spacial score (nSPS) is 9.93. The monoisotopic (exact) mass is 201 g/mol. The molecule has 0 spiro atoms. The molecule has 0 atom stereocenters. The van der Waals surface area contributed by atoms with Crippen LogP contribution in [0.15, 0.2) is 42.6 Å². The summed E-state index contributed by atoms with van der Waals surface area (Å²) >= 11 is 0. The lowest BCUT2D eigenvalue weighted by molar-refractivity contribution is 0.454. The van der Waals surface area contributed by atoms with E-state index in [2.05, 4.69) is 10.2 Å². The largest absolute Gasteiger partial charge is 0.438 e. The van der Waals surface area contributed by atoms with Crippen LogP contribution in [0.25, 0.3) is 0 Å². The van der Waals surface area contributed by atoms with Crippen molar-refractivity contribution in [1.29, 1.82) is 0 Å². The Labute approximate surface area is 87.7 Å². The third-order valence-electron chi connectivity index (χ3n) is 1.90. The zero-order chi connectivity index (χ0) is 10.5. The zero-order valence-corrected chi connectivity index (χ0v) is 8.13. The van der Waals surface area contributed by atoms with E-state index >= 15 is 0 Å². The fraction of sp³-hybridized carbons (Fsp3) is 0.0909. The van der Waals surface area contributed by atoms with Crippen LogP contribution in [-0.4, -0.2) is 10.2 Å². The molecule has 15 heavy (non-hydrogen) atoms. The summed E-state index contributed by atoms with van der Waals surface area (Å²) in [5.41, 5.74) is 6.55. The van der Waals surface area contributed by atoms with Crippen molar-refractivity contribution < 1.29 is 4.74 Å². The number of nitrogens with zero attached hydrogens (tertiary/aromatic N) is 2. The number of ether oxygens (including phenoxy) is 1. The Morgan fingerprint density at radius 1 is 1.20 bits per heavy atom. The molecule has 0 aliphatic carbocycles. The molecule has 0 aliphatic heterocycles. The van der Waals surface area contributed by atoms with Crippen molar-refractivity contribution in [3.8, 4) is 11.6 Å². The minimum Gasteiger partial charge on any atom is -0.438 e. The van der Waals surface area contributed by atoms with Crippen molar-refractivity contribution in [1.82, 2.24) is 10.2 Å². The second kappa shape index (κ2) is 4.52. The van der Waals surface area contributed by atoms with E-state index in [4.69, 9.17) is 10.5 Å². The first-order valence-corrected chi connectivity index (χ1v) is 4.63. The Morgan fingerprint density at radius 3 is 2.87 bits per heavy atom. The molecule has 76 valence electrons. The molecule has 2 rings (SSSR count). The lowest BCUT2D eigenvalue weighted by atomic mass is 10.2. The van der Waals surface area contributed by atoms with E-state index in [9.17, 15) is 0 Å². The first-order chi connectivity index (χ1) is 7.38. The average Bonchev–Trinajstić information content (AvgIpc) is 2.31. The van der Waals surface area contributed by atoms with Crippen molar-refractivity contribution in [2.24, 2.45) is 5.73 Å². The SMILES string of the molecule is NCc1cccc(Oc2cccnn2)c1. The van der Waals surface area contributed by atoms with Crippen molar-refractivity contribution in [2.45, 2.75) is 6.54 Å². The van der Waals surface area contributed by atoms with Gasteiger partial charge in [0.25, 0.3) is 0 Å². The highest BCUT2D eigenvalue weighted by Crippen LogP contribution is 2.19. The van der Waals surface area contributed by atoms with E-state index in [0.29, 0.717) is 12.4 Å². The quantitative estimate of drug-likeness (QED) is 0.821. The lowest BCUT2D eigenvalue weighted by Crippen LogP contribution is -1.96. The predicted molar refractivity (Wildman–Crippen MR) is 56.4 cm³/mol. The molecule has 0 saturated heterocycles. The molecule has 1 aromatic carbocycles. The maximum Gasteiger partial charge on any atom is 0.238 e. The number of hydrogen-bond donors (Lipinski definition) is 1. The number of rotatable bonds is 3. The molecule has 1 aromatic heterocycles. The molecule has 0 amide bonds. The van der Waals surface area contributed by atoms with Gasteiger partial charge in [0.1, 0.15) is 5.75 Å². The standard InChI is InChI=1S/C11H11N3O/c12-8-9-3-1-4-10(7-9)15-11-5-2-6-13-14-11/h1-7H,8,12H2. The zero-order valence-electron chi connectivity index (χ0n) is 8.13. The van der Waals surface area contributed by atoms with Gasteiger partial charge in [-0.1, -0.05) is 12.1 Å². The van der Waals surface area contributed by atoms with Gasteiger partial charge in [-0.05, 0) is 23.8 Å². The van der Waals surface area contributed by atoms with E-state index in [0.717, 1.165) is 11.3 Å². The molecule has 4 heteroatoms. The Hall–Kier alpha value is -1.94. The minimum atomic E-state index is 0.478. The van der Waals surface area contributed by atoms with Gasteiger partial charge in [-0.15, -0.1) is 5.10 Å². The maximum atomic E-state index is 5.53. The molecule has 0 aliphatic rings. The lowest BCUT2D eigenvalue weighted by Gasteiger charge is -2.04. The fourth-order valence-corrected chi connectivity index (χ4v) is 1.20. The second-order valence-corrected chi connectivity index (χ2v) is 3.02. The van der Waals surface area contributed by atoms with Gasteiger partial charge in [-0.3, -0.25) is 0 Å². The van der Waals surface area contributed by atoms with Crippen LogP contribution in [0.4, 0.5) is 0 Å². The maximum absolute atomic E-state index is 5.53. The highest BCUT2D eigenvalue weighted by molar-refractivity contribution is 5.31. The third kappa shape index (κ3) is 2.51. The Kier molecular flexibility index (Phi) is 2.90. The van der Waals surface area contributed by atoms with Crippen LogP contribution in [0.2, 0.25) is 0 Å². The Morgan fingerprint density at radius 2 is 2.13 bits per heavy atom. The molecule has 0 radical (unpaired) electrons. The second-order valence-electron chi connectivity index (χ2n) is 3.02. The van der Waals surface area contributed by atoms with E-state index < -0.39 is 0 Å². The average molecular weight is 201 g/mol. The van der Waals surface area contributed by atoms with Crippen molar-refractivity contribution in [3.05, 3.63) is 48.2 Å². The summed E-state index contributed by atoms with van der Waals surface area (Å²) in [6, 6.07) is 11.1. The molecule has 1 heterocycles. The van der Waals surface area contributed by atoms with Gasteiger partial charge >= 0.3 is 0 Å². The van der Waals surface area contributed by atoms with Gasteiger partial charge in [0.15, 0.2) is 0 Å². The van der Waals surface area contributed by atoms with E-state index in [1.807, 2.05) is 24.3 Å². The first-order valence-electron chi connectivity index (χ1n) is 4.63. The molecule has 0 unspecified atom stereocenters. The third-order valence-corrected chi connectivity index (χ3v) is 1.90. The van der Waals surface area contributed by atoms with Crippen LogP contribution >= 0.6 is 0 Å². The topological polar surface area (TPSA) is 61.0 Å².